The standard InChI is InChI=1S/C20H24N4O3/c25-19(7-11-27-16-4-2-1-3-5-16)24-8-6-17-18(14-24)21-15-22-20(17)23-9-12-26-13-10-23/h1-5,15H,6-14H2. The maximum Gasteiger partial charge on any atom is 0.226 e. The van der Waals surface area contributed by atoms with Crippen molar-refractivity contribution in [3.63, 3.8) is 0 Å². The lowest BCUT2D eigenvalue weighted by Crippen LogP contribution is -2.40. The molecule has 27 heavy (non-hydrogen) atoms. The predicted molar refractivity (Wildman–Crippen MR) is 101 cm³/mol. The van der Waals surface area contributed by atoms with Gasteiger partial charge in [-0.25, -0.2) is 9.97 Å². The number of hydrogen-bond acceptors (Lipinski definition) is 6. The van der Waals surface area contributed by atoms with Crippen LogP contribution in [0.2, 0.25) is 0 Å². The van der Waals surface area contributed by atoms with Crippen LogP contribution in [0.3, 0.4) is 0 Å². The molecule has 1 fully saturated rings. The highest BCUT2D eigenvalue weighted by molar-refractivity contribution is 5.76. The summed E-state index contributed by atoms with van der Waals surface area (Å²) in [6.07, 6.45) is 2.76. The minimum atomic E-state index is 0.100. The van der Waals surface area contributed by atoms with E-state index in [2.05, 4.69) is 14.9 Å². The molecule has 0 aliphatic carbocycles. The van der Waals surface area contributed by atoms with Gasteiger partial charge in [-0.2, -0.15) is 0 Å². The Balaban J connectivity index is 1.36. The highest BCUT2D eigenvalue weighted by Gasteiger charge is 2.26. The zero-order chi connectivity index (χ0) is 18.5. The molecule has 0 radical (unpaired) electrons. The number of carbonyl (C=O) groups excluding carboxylic acids is 1. The Morgan fingerprint density at radius 2 is 1.93 bits per heavy atom. The van der Waals surface area contributed by atoms with Crippen LogP contribution in [0.25, 0.3) is 0 Å². The Kier molecular flexibility index (Phi) is 5.48. The zero-order valence-electron chi connectivity index (χ0n) is 15.3. The van der Waals surface area contributed by atoms with Crippen LogP contribution in [0.1, 0.15) is 17.7 Å². The molecule has 0 spiro atoms. The van der Waals surface area contributed by atoms with E-state index in [4.69, 9.17) is 9.47 Å². The van der Waals surface area contributed by atoms with Gasteiger partial charge in [0.05, 0.1) is 38.5 Å². The number of rotatable bonds is 5. The van der Waals surface area contributed by atoms with E-state index >= 15 is 0 Å². The first-order valence-electron chi connectivity index (χ1n) is 9.42. The van der Waals surface area contributed by atoms with Crippen LogP contribution in [0, 0.1) is 0 Å². The van der Waals surface area contributed by atoms with E-state index < -0.39 is 0 Å². The van der Waals surface area contributed by atoms with Crippen LogP contribution in [0.5, 0.6) is 5.75 Å². The van der Waals surface area contributed by atoms with Crippen LogP contribution < -0.4 is 9.64 Å². The number of amides is 1. The average Bonchev–Trinajstić information content (AvgIpc) is 2.74. The third kappa shape index (κ3) is 4.19. The monoisotopic (exact) mass is 368 g/mol. The van der Waals surface area contributed by atoms with Gasteiger partial charge < -0.3 is 19.3 Å². The van der Waals surface area contributed by atoms with Gasteiger partial charge in [-0.05, 0) is 18.6 Å². The van der Waals surface area contributed by atoms with Crippen molar-refractivity contribution >= 4 is 11.7 Å². The molecule has 2 aliphatic rings. The van der Waals surface area contributed by atoms with Gasteiger partial charge in [0.25, 0.3) is 0 Å². The zero-order valence-corrected chi connectivity index (χ0v) is 15.3. The van der Waals surface area contributed by atoms with Crippen LogP contribution in [0.4, 0.5) is 5.82 Å². The number of aromatic nitrogens is 2. The minimum Gasteiger partial charge on any atom is -0.493 e. The Labute approximate surface area is 158 Å². The second-order valence-electron chi connectivity index (χ2n) is 6.70. The number of morpholine rings is 1. The fraction of sp³-hybridized carbons (Fsp3) is 0.450. The summed E-state index contributed by atoms with van der Waals surface area (Å²) in [7, 11) is 0. The molecule has 2 aromatic rings. The quantitative estimate of drug-likeness (QED) is 0.800. The van der Waals surface area contributed by atoms with Crippen molar-refractivity contribution in [1.82, 2.24) is 14.9 Å². The summed E-state index contributed by atoms with van der Waals surface area (Å²) in [6.45, 7) is 4.78. The lowest BCUT2D eigenvalue weighted by molar-refractivity contribution is -0.132. The van der Waals surface area contributed by atoms with E-state index in [-0.39, 0.29) is 5.91 Å². The molecule has 1 amide bonds. The molecule has 0 unspecified atom stereocenters. The first kappa shape index (κ1) is 17.7. The van der Waals surface area contributed by atoms with E-state index in [0.29, 0.717) is 26.1 Å². The van der Waals surface area contributed by atoms with Gasteiger partial charge in [-0.3, -0.25) is 4.79 Å². The highest BCUT2D eigenvalue weighted by atomic mass is 16.5. The van der Waals surface area contributed by atoms with Crippen molar-refractivity contribution in [2.24, 2.45) is 0 Å². The van der Waals surface area contributed by atoms with Gasteiger partial charge in [0.2, 0.25) is 5.91 Å². The summed E-state index contributed by atoms with van der Waals surface area (Å²) in [5.74, 6) is 1.89. The summed E-state index contributed by atoms with van der Waals surface area (Å²) in [5.41, 5.74) is 2.12. The van der Waals surface area contributed by atoms with Crippen molar-refractivity contribution in [1.29, 1.82) is 0 Å². The molecule has 0 saturated carbocycles. The first-order chi connectivity index (χ1) is 13.3. The normalized spacial score (nSPS) is 16.7. The van der Waals surface area contributed by atoms with Crippen LogP contribution in [-0.2, 0) is 22.5 Å². The highest BCUT2D eigenvalue weighted by Crippen LogP contribution is 2.26. The van der Waals surface area contributed by atoms with Crippen LogP contribution in [-0.4, -0.2) is 60.2 Å². The fourth-order valence-corrected chi connectivity index (χ4v) is 3.53. The average molecular weight is 368 g/mol. The second kappa shape index (κ2) is 8.35. The number of hydrogen-bond donors (Lipinski definition) is 0. The third-order valence-electron chi connectivity index (χ3n) is 4.98. The van der Waals surface area contributed by atoms with Crippen molar-refractivity contribution in [3.8, 4) is 5.75 Å². The molecule has 0 atom stereocenters. The minimum absolute atomic E-state index is 0.100. The number of fused-ring (bicyclic) bond motifs is 1. The van der Waals surface area contributed by atoms with Gasteiger partial charge in [0.1, 0.15) is 17.9 Å². The maximum absolute atomic E-state index is 12.6. The number of ether oxygens (including phenoxy) is 2. The molecule has 2 aliphatic heterocycles. The van der Waals surface area contributed by atoms with Gasteiger partial charge in [0.15, 0.2) is 0 Å². The summed E-state index contributed by atoms with van der Waals surface area (Å²) >= 11 is 0. The summed E-state index contributed by atoms with van der Waals surface area (Å²) < 4.78 is 11.1. The first-order valence-corrected chi connectivity index (χ1v) is 9.42. The molecule has 0 N–H and O–H groups in total. The van der Waals surface area contributed by atoms with Crippen LogP contribution >= 0.6 is 0 Å². The lowest BCUT2D eigenvalue weighted by Gasteiger charge is -2.33. The molecule has 1 saturated heterocycles. The molecule has 7 nitrogen and oxygen atoms in total. The largest absolute Gasteiger partial charge is 0.493 e. The van der Waals surface area contributed by atoms with Crippen molar-refractivity contribution in [2.75, 3.05) is 44.4 Å². The number of benzene rings is 1. The Morgan fingerprint density at radius 3 is 2.74 bits per heavy atom. The molecular formula is C20H24N4O3. The number of para-hydroxylation sites is 1. The third-order valence-corrected chi connectivity index (χ3v) is 4.98. The fourth-order valence-electron chi connectivity index (χ4n) is 3.53. The number of carbonyl (C=O) groups is 1. The van der Waals surface area contributed by atoms with E-state index in [1.54, 1.807) is 6.33 Å². The molecule has 0 bridgehead atoms. The van der Waals surface area contributed by atoms with E-state index in [1.165, 1.54) is 5.56 Å². The Bertz CT molecular complexity index is 778. The smallest absolute Gasteiger partial charge is 0.226 e. The summed E-state index contributed by atoms with van der Waals surface area (Å²) in [4.78, 5) is 25.6. The maximum atomic E-state index is 12.6. The SMILES string of the molecule is O=C(CCOc1ccccc1)N1CCc2c(ncnc2N2CCOCC2)C1. The predicted octanol–water partition coefficient (Wildman–Crippen LogP) is 1.67. The molecular weight excluding hydrogens is 344 g/mol. The van der Waals surface area contributed by atoms with Gasteiger partial charge in [0, 0.05) is 25.2 Å². The molecule has 1 aromatic carbocycles. The number of anilines is 1. The molecule has 4 rings (SSSR count). The second-order valence-corrected chi connectivity index (χ2v) is 6.70. The summed E-state index contributed by atoms with van der Waals surface area (Å²) in [5, 5.41) is 0. The molecule has 7 heteroatoms. The van der Waals surface area contributed by atoms with Crippen molar-refractivity contribution in [2.45, 2.75) is 19.4 Å². The summed E-state index contributed by atoms with van der Waals surface area (Å²) in [6, 6.07) is 9.57. The van der Waals surface area contributed by atoms with Gasteiger partial charge >= 0.3 is 0 Å². The van der Waals surface area contributed by atoms with E-state index in [9.17, 15) is 4.79 Å². The Hall–Kier alpha value is -2.67. The topological polar surface area (TPSA) is 67.8 Å². The van der Waals surface area contributed by atoms with Gasteiger partial charge in [-0.1, -0.05) is 18.2 Å². The molecule has 142 valence electrons. The van der Waals surface area contributed by atoms with Gasteiger partial charge in [-0.15, -0.1) is 0 Å². The van der Waals surface area contributed by atoms with Crippen LogP contribution in [0.15, 0.2) is 36.7 Å². The van der Waals surface area contributed by atoms with E-state index in [1.807, 2.05) is 35.2 Å². The Morgan fingerprint density at radius 1 is 1.11 bits per heavy atom. The lowest BCUT2D eigenvalue weighted by atomic mass is 10.0. The number of nitrogens with zero attached hydrogens (tertiary/aromatic N) is 4. The van der Waals surface area contributed by atoms with Crippen molar-refractivity contribution < 1.29 is 14.3 Å². The van der Waals surface area contributed by atoms with E-state index in [0.717, 1.165) is 50.0 Å². The molecule has 3 heterocycles. The molecule has 1 aromatic heterocycles. The van der Waals surface area contributed by atoms with Crippen molar-refractivity contribution in [3.05, 3.63) is 47.9 Å².